The fourth-order valence-corrected chi connectivity index (χ4v) is 3.19. The number of carbonyl (C=O) groups excluding carboxylic acids is 1. The highest BCUT2D eigenvalue weighted by atomic mass is 35.5. The van der Waals surface area contributed by atoms with Gasteiger partial charge < -0.3 is 15.0 Å². The second kappa shape index (κ2) is 7.88. The molecule has 1 amide bonds. The van der Waals surface area contributed by atoms with Crippen molar-refractivity contribution >= 4 is 40.5 Å². The Balaban J connectivity index is 1.59. The van der Waals surface area contributed by atoms with Gasteiger partial charge in [-0.05, 0) is 35.9 Å². The quantitative estimate of drug-likeness (QED) is 0.890. The van der Waals surface area contributed by atoms with Gasteiger partial charge in [0.15, 0.2) is 0 Å². The number of rotatable bonds is 4. The third kappa shape index (κ3) is 4.63. The highest BCUT2D eigenvalue weighted by Crippen LogP contribution is 2.23. The molecule has 1 heterocycles. The average Bonchev–Trinajstić information content (AvgIpc) is 2.55. The van der Waals surface area contributed by atoms with E-state index < -0.39 is 0 Å². The maximum atomic E-state index is 12.2. The normalized spacial score (nSPS) is 14.5. The van der Waals surface area contributed by atoms with E-state index in [0.717, 1.165) is 37.6 Å². The number of halogens is 2. The lowest BCUT2D eigenvalue weighted by molar-refractivity contribution is -0.115. The summed E-state index contributed by atoms with van der Waals surface area (Å²) in [5.41, 5.74) is 2.71. The molecule has 3 rings (SSSR count). The molecule has 1 fully saturated rings. The van der Waals surface area contributed by atoms with Gasteiger partial charge in [0, 0.05) is 34.5 Å². The first-order valence-corrected chi connectivity index (χ1v) is 8.53. The van der Waals surface area contributed by atoms with Crippen LogP contribution in [0.4, 0.5) is 11.4 Å². The summed E-state index contributed by atoms with van der Waals surface area (Å²) in [5, 5.41) is 3.80. The van der Waals surface area contributed by atoms with Crippen molar-refractivity contribution < 1.29 is 9.53 Å². The lowest BCUT2D eigenvalue weighted by Crippen LogP contribution is -2.36. The van der Waals surface area contributed by atoms with Gasteiger partial charge in [-0.15, -0.1) is 0 Å². The van der Waals surface area contributed by atoms with Crippen molar-refractivity contribution in [1.29, 1.82) is 0 Å². The molecule has 2 aromatic carbocycles. The molecule has 0 atom stereocenters. The molecule has 0 radical (unpaired) electrons. The number of carbonyl (C=O) groups is 1. The fourth-order valence-electron chi connectivity index (χ4n) is 2.66. The molecule has 1 aliphatic heterocycles. The van der Waals surface area contributed by atoms with E-state index in [0.29, 0.717) is 22.2 Å². The summed E-state index contributed by atoms with van der Waals surface area (Å²) in [6.45, 7) is 3.31. The molecule has 0 aromatic heterocycles. The van der Waals surface area contributed by atoms with Gasteiger partial charge in [0.2, 0.25) is 5.91 Å². The van der Waals surface area contributed by atoms with Crippen LogP contribution in [0.15, 0.2) is 42.5 Å². The fraction of sp³-hybridized carbons (Fsp3) is 0.278. The van der Waals surface area contributed by atoms with Crippen LogP contribution in [0.3, 0.4) is 0 Å². The first-order valence-electron chi connectivity index (χ1n) is 7.78. The van der Waals surface area contributed by atoms with Gasteiger partial charge in [-0.2, -0.15) is 0 Å². The lowest BCUT2D eigenvalue weighted by atomic mass is 10.1. The Hall–Kier alpha value is -1.75. The SMILES string of the molecule is O=C(Cc1ccc(N2CCOCC2)cc1)Nc1cc(Cl)cc(Cl)c1. The van der Waals surface area contributed by atoms with Gasteiger partial charge >= 0.3 is 0 Å². The molecule has 0 unspecified atom stereocenters. The molecule has 0 aliphatic carbocycles. The zero-order valence-electron chi connectivity index (χ0n) is 13.1. The van der Waals surface area contributed by atoms with Crippen LogP contribution in [0.2, 0.25) is 10.0 Å². The summed E-state index contributed by atoms with van der Waals surface area (Å²) in [4.78, 5) is 14.4. The summed E-state index contributed by atoms with van der Waals surface area (Å²) < 4.78 is 5.36. The molecular formula is C18H18Cl2N2O2. The smallest absolute Gasteiger partial charge is 0.228 e. The van der Waals surface area contributed by atoms with E-state index in [1.807, 2.05) is 24.3 Å². The Morgan fingerprint density at radius 3 is 2.29 bits per heavy atom. The van der Waals surface area contributed by atoms with Gasteiger partial charge in [-0.25, -0.2) is 0 Å². The minimum absolute atomic E-state index is 0.104. The standard InChI is InChI=1S/C18H18Cl2N2O2/c19-14-10-15(20)12-16(11-14)21-18(23)9-13-1-3-17(4-2-13)22-5-7-24-8-6-22/h1-4,10-12H,5-9H2,(H,21,23). The highest BCUT2D eigenvalue weighted by Gasteiger charge is 2.11. The number of ether oxygens (including phenoxy) is 1. The number of nitrogens with zero attached hydrogens (tertiary/aromatic N) is 1. The Bertz CT molecular complexity index is 693. The van der Waals surface area contributed by atoms with E-state index in [2.05, 4.69) is 10.2 Å². The predicted molar refractivity (Wildman–Crippen MR) is 98.3 cm³/mol. The second-order valence-corrected chi connectivity index (χ2v) is 6.52. The van der Waals surface area contributed by atoms with E-state index in [9.17, 15) is 4.79 Å². The molecule has 0 saturated carbocycles. The number of hydrogen-bond acceptors (Lipinski definition) is 3. The summed E-state index contributed by atoms with van der Waals surface area (Å²) >= 11 is 11.9. The van der Waals surface area contributed by atoms with Crippen LogP contribution in [0.1, 0.15) is 5.56 Å². The monoisotopic (exact) mass is 364 g/mol. The first-order chi connectivity index (χ1) is 11.6. The van der Waals surface area contributed by atoms with Crippen LogP contribution in [0, 0.1) is 0 Å². The molecule has 126 valence electrons. The van der Waals surface area contributed by atoms with Crippen molar-refractivity contribution in [2.45, 2.75) is 6.42 Å². The van der Waals surface area contributed by atoms with Gasteiger partial charge in [0.1, 0.15) is 0 Å². The third-order valence-electron chi connectivity index (χ3n) is 3.82. The molecule has 1 aliphatic rings. The minimum atomic E-state index is -0.104. The van der Waals surface area contributed by atoms with E-state index in [1.165, 1.54) is 0 Å². The van der Waals surface area contributed by atoms with Crippen molar-refractivity contribution in [3.63, 3.8) is 0 Å². The van der Waals surface area contributed by atoms with E-state index >= 15 is 0 Å². The van der Waals surface area contributed by atoms with Crippen LogP contribution in [0.25, 0.3) is 0 Å². The topological polar surface area (TPSA) is 41.6 Å². The summed E-state index contributed by atoms with van der Waals surface area (Å²) in [6, 6.07) is 13.0. The van der Waals surface area contributed by atoms with Gasteiger partial charge in [-0.1, -0.05) is 35.3 Å². The van der Waals surface area contributed by atoms with Crippen molar-refractivity contribution in [2.24, 2.45) is 0 Å². The predicted octanol–water partition coefficient (Wildman–Crippen LogP) is 4.01. The number of nitrogens with one attached hydrogen (secondary N) is 1. The van der Waals surface area contributed by atoms with Crippen LogP contribution in [-0.2, 0) is 16.0 Å². The van der Waals surface area contributed by atoms with Crippen molar-refractivity contribution in [3.05, 3.63) is 58.1 Å². The molecule has 2 aromatic rings. The van der Waals surface area contributed by atoms with Crippen molar-refractivity contribution in [2.75, 3.05) is 36.5 Å². The second-order valence-electron chi connectivity index (χ2n) is 5.65. The number of benzene rings is 2. The van der Waals surface area contributed by atoms with Crippen LogP contribution in [0.5, 0.6) is 0 Å². The number of hydrogen-bond donors (Lipinski definition) is 1. The third-order valence-corrected chi connectivity index (χ3v) is 4.26. The summed E-state index contributed by atoms with van der Waals surface area (Å²) in [5.74, 6) is -0.104. The zero-order valence-corrected chi connectivity index (χ0v) is 14.6. The first kappa shape index (κ1) is 17.1. The van der Waals surface area contributed by atoms with Gasteiger partial charge in [-0.3, -0.25) is 4.79 Å². The lowest BCUT2D eigenvalue weighted by Gasteiger charge is -2.28. The van der Waals surface area contributed by atoms with Gasteiger partial charge in [0.25, 0.3) is 0 Å². The van der Waals surface area contributed by atoms with E-state index in [1.54, 1.807) is 18.2 Å². The minimum Gasteiger partial charge on any atom is -0.378 e. The zero-order chi connectivity index (χ0) is 16.9. The summed E-state index contributed by atoms with van der Waals surface area (Å²) in [7, 11) is 0. The number of amides is 1. The van der Waals surface area contributed by atoms with Gasteiger partial charge in [0.05, 0.1) is 19.6 Å². The van der Waals surface area contributed by atoms with Crippen LogP contribution in [-0.4, -0.2) is 32.2 Å². The molecule has 1 saturated heterocycles. The van der Waals surface area contributed by atoms with Crippen molar-refractivity contribution in [1.82, 2.24) is 0 Å². The maximum absolute atomic E-state index is 12.2. The molecule has 4 nitrogen and oxygen atoms in total. The highest BCUT2D eigenvalue weighted by molar-refractivity contribution is 6.35. The van der Waals surface area contributed by atoms with Crippen LogP contribution >= 0.6 is 23.2 Å². The molecule has 24 heavy (non-hydrogen) atoms. The number of morpholine rings is 1. The summed E-state index contributed by atoms with van der Waals surface area (Å²) in [6.07, 6.45) is 0.299. The Morgan fingerprint density at radius 1 is 1.04 bits per heavy atom. The maximum Gasteiger partial charge on any atom is 0.228 e. The Labute approximate surface area is 151 Å². The molecule has 0 bridgehead atoms. The van der Waals surface area contributed by atoms with E-state index in [4.69, 9.17) is 27.9 Å². The Kier molecular flexibility index (Phi) is 5.61. The average molecular weight is 365 g/mol. The molecule has 6 heteroatoms. The molecular weight excluding hydrogens is 347 g/mol. The Morgan fingerprint density at radius 2 is 1.67 bits per heavy atom. The van der Waals surface area contributed by atoms with E-state index in [-0.39, 0.29) is 5.91 Å². The molecule has 0 spiro atoms. The van der Waals surface area contributed by atoms with Crippen LogP contribution < -0.4 is 10.2 Å². The van der Waals surface area contributed by atoms with Crippen molar-refractivity contribution in [3.8, 4) is 0 Å². The number of anilines is 2. The molecule has 1 N–H and O–H groups in total. The largest absolute Gasteiger partial charge is 0.378 e.